The molecule has 0 radical (unpaired) electrons. The average molecular weight is 541 g/mol. The van der Waals surface area contributed by atoms with Gasteiger partial charge >= 0.3 is 0 Å². The Hall–Kier alpha value is -3.34. The molecule has 1 fully saturated rings. The second-order valence-electron chi connectivity index (χ2n) is 9.78. The van der Waals surface area contributed by atoms with Crippen LogP contribution in [0.1, 0.15) is 36.0 Å². The molecule has 0 saturated carbocycles. The molecule has 2 aliphatic heterocycles. The Labute approximate surface area is 225 Å². The third kappa shape index (κ3) is 5.43. The number of nitrogens with zero attached hydrogens (tertiary/aromatic N) is 2. The molecule has 38 heavy (non-hydrogen) atoms. The highest BCUT2D eigenvalue weighted by atomic mass is 35.5. The van der Waals surface area contributed by atoms with Gasteiger partial charge in [0, 0.05) is 49.6 Å². The van der Waals surface area contributed by atoms with Gasteiger partial charge in [0.25, 0.3) is 0 Å². The number of aliphatic hydroxyl groups is 1. The number of benzene rings is 3. The maximum atomic E-state index is 15.1. The van der Waals surface area contributed by atoms with Crippen molar-refractivity contribution < 1.29 is 23.0 Å². The van der Waals surface area contributed by atoms with Crippen molar-refractivity contribution in [1.82, 2.24) is 0 Å². The molecule has 0 atom stereocenters. The number of halogens is 4. The van der Waals surface area contributed by atoms with E-state index in [1.165, 1.54) is 6.07 Å². The Morgan fingerprint density at radius 3 is 2.29 bits per heavy atom. The maximum Gasteiger partial charge on any atom is 0.150 e. The fourth-order valence-corrected chi connectivity index (χ4v) is 5.42. The molecule has 3 aromatic rings. The summed E-state index contributed by atoms with van der Waals surface area (Å²) in [4.78, 5) is 3.59. The van der Waals surface area contributed by atoms with Crippen molar-refractivity contribution in [3.63, 3.8) is 0 Å². The zero-order valence-corrected chi connectivity index (χ0v) is 21.8. The van der Waals surface area contributed by atoms with Gasteiger partial charge in [0.15, 0.2) is 11.6 Å². The zero-order chi connectivity index (χ0) is 26.9. The number of piperidine rings is 1. The van der Waals surface area contributed by atoms with E-state index in [0.717, 1.165) is 42.0 Å². The van der Waals surface area contributed by atoms with Crippen LogP contribution in [0.4, 0.5) is 24.5 Å². The van der Waals surface area contributed by atoms with Gasteiger partial charge in [-0.25, -0.2) is 13.2 Å². The summed E-state index contributed by atoms with van der Waals surface area (Å²) in [6, 6.07) is 13.0. The molecule has 3 aromatic carbocycles. The summed E-state index contributed by atoms with van der Waals surface area (Å²) in [7, 11) is 1.62. The van der Waals surface area contributed by atoms with Crippen molar-refractivity contribution in [1.29, 1.82) is 0 Å². The van der Waals surface area contributed by atoms with E-state index in [9.17, 15) is 13.9 Å². The van der Waals surface area contributed by atoms with Gasteiger partial charge in [-0.05, 0) is 60.4 Å². The molecule has 0 aromatic heterocycles. The summed E-state index contributed by atoms with van der Waals surface area (Å²) in [6.45, 7) is 1.75. The van der Waals surface area contributed by atoms with E-state index >= 15 is 4.39 Å². The monoisotopic (exact) mass is 540 g/mol. The Morgan fingerprint density at radius 1 is 0.947 bits per heavy atom. The van der Waals surface area contributed by atoms with Gasteiger partial charge in [0.2, 0.25) is 0 Å². The SMILES string of the molecule is COc1ccc(CN2CCCc3c(C#CC4(O)CCN(c5c(F)cc(Cl)cc5F)CC4)ccc(F)c32)cc1. The van der Waals surface area contributed by atoms with Crippen LogP contribution in [0.3, 0.4) is 0 Å². The van der Waals surface area contributed by atoms with E-state index in [-0.39, 0.29) is 42.5 Å². The lowest BCUT2D eigenvalue weighted by molar-refractivity contribution is 0.0743. The number of ether oxygens (including phenoxy) is 1. The van der Waals surface area contributed by atoms with Gasteiger partial charge < -0.3 is 19.6 Å². The molecule has 1 N–H and O–H groups in total. The highest BCUT2D eigenvalue weighted by Gasteiger charge is 2.33. The topological polar surface area (TPSA) is 35.9 Å². The lowest BCUT2D eigenvalue weighted by Gasteiger charge is -2.36. The van der Waals surface area contributed by atoms with Crippen LogP contribution in [0.15, 0.2) is 48.5 Å². The van der Waals surface area contributed by atoms with Crippen LogP contribution in [-0.2, 0) is 13.0 Å². The van der Waals surface area contributed by atoms with E-state index in [4.69, 9.17) is 16.3 Å². The minimum absolute atomic E-state index is 0.00618. The predicted octanol–water partition coefficient (Wildman–Crippen LogP) is 6.10. The first-order chi connectivity index (χ1) is 18.3. The third-order valence-electron chi connectivity index (χ3n) is 7.26. The molecule has 4 nitrogen and oxygen atoms in total. The highest BCUT2D eigenvalue weighted by molar-refractivity contribution is 6.30. The molecule has 0 bridgehead atoms. The zero-order valence-electron chi connectivity index (χ0n) is 21.0. The molecule has 5 rings (SSSR count). The fourth-order valence-electron chi connectivity index (χ4n) is 5.23. The lowest BCUT2D eigenvalue weighted by Crippen LogP contribution is -2.44. The molecule has 198 valence electrons. The van der Waals surface area contributed by atoms with Crippen LogP contribution in [0.25, 0.3) is 0 Å². The van der Waals surface area contributed by atoms with Gasteiger partial charge in [0.1, 0.15) is 22.9 Å². The Kier molecular flexibility index (Phi) is 7.47. The van der Waals surface area contributed by atoms with Gasteiger partial charge in [-0.3, -0.25) is 0 Å². The molecular formula is C30H28ClF3N2O2. The Morgan fingerprint density at radius 2 is 1.63 bits per heavy atom. The smallest absolute Gasteiger partial charge is 0.150 e. The van der Waals surface area contributed by atoms with Crippen molar-refractivity contribution >= 4 is 23.0 Å². The number of rotatable bonds is 4. The summed E-state index contributed by atoms with van der Waals surface area (Å²) in [5.41, 5.74) is 1.66. The number of methoxy groups -OCH3 is 1. The molecule has 2 heterocycles. The van der Waals surface area contributed by atoms with Crippen molar-refractivity contribution in [3.05, 3.63) is 87.7 Å². The first-order valence-electron chi connectivity index (χ1n) is 12.6. The van der Waals surface area contributed by atoms with Crippen LogP contribution >= 0.6 is 11.6 Å². The van der Waals surface area contributed by atoms with E-state index in [1.54, 1.807) is 18.1 Å². The summed E-state index contributed by atoms with van der Waals surface area (Å²) >= 11 is 5.74. The van der Waals surface area contributed by atoms with Crippen LogP contribution in [0, 0.1) is 29.3 Å². The summed E-state index contributed by atoms with van der Waals surface area (Å²) in [5, 5.41) is 11.1. The standard InChI is InChI=1S/C30H28ClF3N2O2/c1-38-23-7-4-20(5-8-23)19-36-14-2-3-24-21(6-9-25(32)28(24)36)10-11-30(37)12-15-35(16-13-30)29-26(33)17-22(31)18-27(29)34/h4-9,17-18,37H,2-3,12-16,19H2,1H3. The molecule has 8 heteroatoms. The van der Waals surface area contributed by atoms with Crippen molar-refractivity contribution in [3.8, 4) is 17.6 Å². The van der Waals surface area contributed by atoms with Gasteiger partial charge in [-0.1, -0.05) is 35.6 Å². The Balaban J connectivity index is 1.34. The number of anilines is 2. The lowest BCUT2D eigenvalue weighted by atomic mass is 9.90. The van der Waals surface area contributed by atoms with Crippen LogP contribution in [0.5, 0.6) is 5.75 Å². The van der Waals surface area contributed by atoms with Crippen molar-refractivity contribution in [2.24, 2.45) is 0 Å². The molecular weight excluding hydrogens is 513 g/mol. The maximum absolute atomic E-state index is 15.1. The molecule has 0 aliphatic carbocycles. The first kappa shape index (κ1) is 26.3. The second kappa shape index (κ2) is 10.8. The molecule has 0 unspecified atom stereocenters. The van der Waals surface area contributed by atoms with Gasteiger partial charge in [-0.2, -0.15) is 0 Å². The number of hydrogen-bond acceptors (Lipinski definition) is 4. The first-order valence-corrected chi connectivity index (χ1v) is 13.0. The van der Waals surface area contributed by atoms with E-state index in [0.29, 0.717) is 24.2 Å². The molecule has 1 saturated heterocycles. The summed E-state index contributed by atoms with van der Waals surface area (Å²) in [6.07, 6.45) is 1.99. The van der Waals surface area contributed by atoms with Crippen LogP contribution in [0.2, 0.25) is 5.02 Å². The summed E-state index contributed by atoms with van der Waals surface area (Å²) < 4.78 is 49.0. The molecule has 0 amide bonds. The largest absolute Gasteiger partial charge is 0.497 e. The van der Waals surface area contributed by atoms with Crippen LogP contribution < -0.4 is 14.5 Å². The minimum atomic E-state index is -1.31. The van der Waals surface area contributed by atoms with Crippen LogP contribution in [-0.4, -0.2) is 37.5 Å². The average Bonchev–Trinajstić information content (AvgIpc) is 2.89. The fraction of sp³-hybridized carbons (Fsp3) is 0.333. The molecule has 2 aliphatic rings. The highest BCUT2D eigenvalue weighted by Crippen LogP contribution is 2.35. The van der Waals surface area contributed by atoms with Crippen molar-refractivity contribution in [2.75, 3.05) is 36.5 Å². The molecule has 0 spiro atoms. The summed E-state index contributed by atoms with van der Waals surface area (Å²) in [5.74, 6) is 5.10. The van der Waals surface area contributed by atoms with E-state index in [1.807, 2.05) is 29.2 Å². The van der Waals surface area contributed by atoms with Gasteiger partial charge in [0.05, 0.1) is 12.8 Å². The Bertz CT molecular complexity index is 1370. The number of hydrogen-bond donors (Lipinski definition) is 1. The quantitative estimate of drug-likeness (QED) is 0.406. The number of fused-ring (bicyclic) bond motifs is 1. The van der Waals surface area contributed by atoms with Crippen molar-refractivity contribution in [2.45, 2.75) is 37.8 Å². The van der Waals surface area contributed by atoms with E-state index < -0.39 is 17.2 Å². The predicted molar refractivity (Wildman–Crippen MR) is 143 cm³/mol. The van der Waals surface area contributed by atoms with Gasteiger partial charge in [-0.15, -0.1) is 0 Å². The normalized spacial score (nSPS) is 16.5. The minimum Gasteiger partial charge on any atom is -0.497 e. The second-order valence-corrected chi connectivity index (χ2v) is 10.2. The third-order valence-corrected chi connectivity index (χ3v) is 7.47. The van der Waals surface area contributed by atoms with E-state index in [2.05, 4.69) is 11.8 Å².